The van der Waals surface area contributed by atoms with E-state index in [4.69, 9.17) is 4.74 Å². The Hall–Kier alpha value is -2.39. The molecule has 0 bridgehead atoms. The van der Waals surface area contributed by atoms with Crippen LogP contribution in [-0.4, -0.2) is 19.1 Å². The second-order valence-electron chi connectivity index (χ2n) is 4.95. The number of hydrogen-bond donors (Lipinski definition) is 1. The number of benzene rings is 2. The summed E-state index contributed by atoms with van der Waals surface area (Å²) in [6, 6.07) is 18.7. The van der Waals surface area contributed by atoms with Crippen LogP contribution in [0.4, 0.5) is 0 Å². The van der Waals surface area contributed by atoms with Gasteiger partial charge in [0.15, 0.2) is 0 Å². The Balaban J connectivity index is 2.04. The van der Waals surface area contributed by atoms with E-state index < -0.39 is 0 Å². The van der Waals surface area contributed by atoms with Gasteiger partial charge in [-0.15, -0.1) is 0 Å². The fourth-order valence-electron chi connectivity index (χ4n) is 2.61. The van der Waals surface area contributed by atoms with Crippen LogP contribution in [0.2, 0.25) is 0 Å². The van der Waals surface area contributed by atoms with Crippen molar-refractivity contribution in [1.82, 2.24) is 10.3 Å². The average Bonchev–Trinajstić information content (AvgIpc) is 2.56. The summed E-state index contributed by atoms with van der Waals surface area (Å²) in [5.74, 6) is 0.867. The van der Waals surface area contributed by atoms with E-state index in [2.05, 4.69) is 46.7 Å². The fourth-order valence-corrected chi connectivity index (χ4v) is 2.61. The van der Waals surface area contributed by atoms with Crippen molar-refractivity contribution in [3.8, 4) is 5.75 Å². The van der Waals surface area contributed by atoms with Gasteiger partial charge in [0, 0.05) is 11.6 Å². The lowest BCUT2D eigenvalue weighted by atomic mass is 9.97. The van der Waals surface area contributed by atoms with Crippen molar-refractivity contribution in [3.05, 3.63) is 71.9 Å². The molecule has 1 aromatic heterocycles. The number of fused-ring (bicyclic) bond motifs is 1. The molecule has 0 spiro atoms. The Bertz CT molecular complexity index is 755. The molecule has 0 saturated carbocycles. The molecule has 3 nitrogen and oxygen atoms in total. The maximum Gasteiger partial charge on any atom is 0.119 e. The van der Waals surface area contributed by atoms with E-state index in [1.807, 2.05) is 31.4 Å². The first kappa shape index (κ1) is 13.6. The van der Waals surface area contributed by atoms with Crippen LogP contribution in [-0.2, 0) is 0 Å². The summed E-state index contributed by atoms with van der Waals surface area (Å²) >= 11 is 0. The Morgan fingerprint density at radius 3 is 2.67 bits per heavy atom. The number of hydrogen-bond acceptors (Lipinski definition) is 3. The number of methoxy groups -OCH3 is 1. The highest BCUT2D eigenvalue weighted by Crippen LogP contribution is 2.26. The van der Waals surface area contributed by atoms with Crippen LogP contribution in [0, 0.1) is 0 Å². The van der Waals surface area contributed by atoms with Crippen LogP contribution in [0.5, 0.6) is 5.75 Å². The Morgan fingerprint density at radius 1 is 1.00 bits per heavy atom. The zero-order valence-electron chi connectivity index (χ0n) is 12.2. The van der Waals surface area contributed by atoms with Gasteiger partial charge in [-0.2, -0.15) is 0 Å². The van der Waals surface area contributed by atoms with Gasteiger partial charge in [0.1, 0.15) is 5.75 Å². The lowest BCUT2D eigenvalue weighted by Crippen LogP contribution is -2.17. The molecule has 0 aliphatic carbocycles. The molecular formula is C18H18N2O. The van der Waals surface area contributed by atoms with Crippen molar-refractivity contribution < 1.29 is 4.74 Å². The summed E-state index contributed by atoms with van der Waals surface area (Å²) in [7, 11) is 3.65. The smallest absolute Gasteiger partial charge is 0.119 e. The normalized spacial score (nSPS) is 12.3. The van der Waals surface area contributed by atoms with Crippen LogP contribution >= 0.6 is 0 Å². The topological polar surface area (TPSA) is 34.1 Å². The summed E-state index contributed by atoms with van der Waals surface area (Å²) in [5, 5.41) is 4.52. The van der Waals surface area contributed by atoms with Gasteiger partial charge in [-0.25, -0.2) is 0 Å². The standard InChI is InChI=1S/C18H18N2O/c1-19-18(14-5-3-7-16(11-14)21-2)15-9-8-13-6-4-10-20-17(13)12-15/h3-12,18-19H,1-2H3. The number of nitrogens with zero attached hydrogens (tertiary/aromatic N) is 1. The summed E-state index contributed by atoms with van der Waals surface area (Å²) in [4.78, 5) is 4.43. The largest absolute Gasteiger partial charge is 0.497 e. The zero-order chi connectivity index (χ0) is 14.7. The maximum absolute atomic E-state index is 5.32. The zero-order valence-corrected chi connectivity index (χ0v) is 12.2. The van der Waals surface area contributed by atoms with E-state index in [0.717, 1.165) is 16.7 Å². The molecule has 0 saturated heterocycles. The molecule has 21 heavy (non-hydrogen) atoms. The van der Waals surface area contributed by atoms with E-state index in [1.165, 1.54) is 11.1 Å². The van der Waals surface area contributed by atoms with E-state index in [-0.39, 0.29) is 6.04 Å². The molecule has 0 aliphatic heterocycles. The van der Waals surface area contributed by atoms with E-state index in [0.29, 0.717) is 0 Å². The number of rotatable bonds is 4. The summed E-state index contributed by atoms with van der Waals surface area (Å²) in [6.45, 7) is 0. The maximum atomic E-state index is 5.32. The molecule has 1 atom stereocenters. The molecule has 0 fully saturated rings. The van der Waals surface area contributed by atoms with Gasteiger partial charge in [-0.3, -0.25) is 4.98 Å². The molecule has 3 aromatic rings. The van der Waals surface area contributed by atoms with Gasteiger partial charge in [-0.05, 0) is 42.4 Å². The minimum atomic E-state index is 0.117. The number of pyridine rings is 1. The average molecular weight is 278 g/mol. The third-order valence-corrected chi connectivity index (χ3v) is 3.68. The minimum Gasteiger partial charge on any atom is -0.497 e. The number of aromatic nitrogens is 1. The van der Waals surface area contributed by atoms with Crippen molar-refractivity contribution in [1.29, 1.82) is 0 Å². The first-order valence-corrected chi connectivity index (χ1v) is 6.97. The Labute approximate surface area is 124 Å². The molecule has 106 valence electrons. The molecule has 1 heterocycles. The van der Waals surface area contributed by atoms with Gasteiger partial charge in [0.05, 0.1) is 18.7 Å². The molecule has 1 unspecified atom stereocenters. The predicted molar refractivity (Wildman–Crippen MR) is 85.6 cm³/mol. The summed E-state index contributed by atoms with van der Waals surface area (Å²) < 4.78 is 5.32. The molecular weight excluding hydrogens is 260 g/mol. The van der Waals surface area contributed by atoms with Gasteiger partial charge < -0.3 is 10.1 Å². The van der Waals surface area contributed by atoms with Crippen molar-refractivity contribution in [3.63, 3.8) is 0 Å². The molecule has 0 radical (unpaired) electrons. The molecule has 1 N–H and O–H groups in total. The van der Waals surface area contributed by atoms with Crippen molar-refractivity contribution in [2.24, 2.45) is 0 Å². The van der Waals surface area contributed by atoms with Gasteiger partial charge >= 0.3 is 0 Å². The van der Waals surface area contributed by atoms with E-state index >= 15 is 0 Å². The predicted octanol–water partition coefficient (Wildman–Crippen LogP) is 3.55. The summed E-state index contributed by atoms with van der Waals surface area (Å²) in [5.41, 5.74) is 3.38. The van der Waals surface area contributed by atoms with E-state index in [9.17, 15) is 0 Å². The van der Waals surface area contributed by atoms with Crippen LogP contribution < -0.4 is 10.1 Å². The highest BCUT2D eigenvalue weighted by Gasteiger charge is 2.13. The van der Waals surface area contributed by atoms with Gasteiger partial charge in [0.25, 0.3) is 0 Å². The first-order valence-electron chi connectivity index (χ1n) is 6.97. The second kappa shape index (κ2) is 5.94. The highest BCUT2D eigenvalue weighted by molar-refractivity contribution is 5.79. The first-order chi connectivity index (χ1) is 10.3. The highest BCUT2D eigenvalue weighted by atomic mass is 16.5. The Kier molecular flexibility index (Phi) is 3.84. The second-order valence-corrected chi connectivity index (χ2v) is 4.95. The third-order valence-electron chi connectivity index (χ3n) is 3.68. The molecule has 2 aromatic carbocycles. The monoisotopic (exact) mass is 278 g/mol. The van der Waals surface area contributed by atoms with Crippen LogP contribution in [0.15, 0.2) is 60.8 Å². The molecule has 0 aliphatic rings. The van der Waals surface area contributed by atoms with Crippen molar-refractivity contribution in [2.75, 3.05) is 14.2 Å². The third kappa shape index (κ3) is 2.73. The molecule has 0 amide bonds. The van der Waals surface area contributed by atoms with Crippen LogP contribution in [0.3, 0.4) is 0 Å². The lowest BCUT2D eigenvalue weighted by molar-refractivity contribution is 0.414. The SMILES string of the molecule is CNC(c1cccc(OC)c1)c1ccc2cccnc2c1. The lowest BCUT2D eigenvalue weighted by Gasteiger charge is -2.18. The Morgan fingerprint density at radius 2 is 1.86 bits per heavy atom. The summed E-state index contributed by atoms with van der Waals surface area (Å²) in [6.07, 6.45) is 1.83. The quantitative estimate of drug-likeness (QED) is 0.792. The van der Waals surface area contributed by atoms with Crippen molar-refractivity contribution in [2.45, 2.75) is 6.04 Å². The van der Waals surface area contributed by atoms with Crippen molar-refractivity contribution >= 4 is 10.9 Å². The van der Waals surface area contributed by atoms with Gasteiger partial charge in [0.2, 0.25) is 0 Å². The number of ether oxygens (including phenoxy) is 1. The number of nitrogens with one attached hydrogen (secondary N) is 1. The van der Waals surface area contributed by atoms with Crippen LogP contribution in [0.1, 0.15) is 17.2 Å². The van der Waals surface area contributed by atoms with Crippen LogP contribution in [0.25, 0.3) is 10.9 Å². The van der Waals surface area contributed by atoms with E-state index in [1.54, 1.807) is 7.11 Å². The molecule has 3 heteroatoms. The molecule has 3 rings (SSSR count). The van der Waals surface area contributed by atoms with Gasteiger partial charge in [-0.1, -0.05) is 30.3 Å². The fraction of sp³-hybridized carbons (Fsp3) is 0.167. The minimum absolute atomic E-state index is 0.117.